The molecule has 0 aliphatic heterocycles. The predicted molar refractivity (Wildman–Crippen MR) is 66.7 cm³/mol. The molecule has 0 bridgehead atoms. The third-order valence-corrected chi connectivity index (χ3v) is 2.63. The molecule has 0 heterocycles. The number of nitrogens with one attached hydrogen (secondary N) is 1. The van der Waals surface area contributed by atoms with Crippen LogP contribution in [0.2, 0.25) is 0 Å². The molecule has 88 valence electrons. The lowest BCUT2D eigenvalue weighted by molar-refractivity contribution is 0.206. The molecule has 0 aromatic heterocycles. The van der Waals surface area contributed by atoms with Crippen molar-refractivity contribution >= 4 is 5.71 Å². The fraction of sp³-hybridized carbons (Fsp3) is 0.769. The van der Waals surface area contributed by atoms with E-state index in [9.17, 15) is 0 Å². The second-order valence-electron chi connectivity index (χ2n) is 4.25. The summed E-state index contributed by atoms with van der Waals surface area (Å²) in [4.78, 5) is 0. The van der Waals surface area contributed by atoms with Crippen LogP contribution in [-0.4, -0.2) is 19.4 Å². The van der Waals surface area contributed by atoms with Crippen molar-refractivity contribution < 1.29 is 4.74 Å². The molecule has 1 atom stereocenters. The van der Waals surface area contributed by atoms with Crippen LogP contribution in [0.15, 0.2) is 12.2 Å². The maximum absolute atomic E-state index is 7.99. The Morgan fingerprint density at radius 3 is 2.47 bits per heavy atom. The van der Waals surface area contributed by atoms with Gasteiger partial charge in [0.15, 0.2) is 0 Å². The fourth-order valence-corrected chi connectivity index (χ4v) is 1.68. The van der Waals surface area contributed by atoms with Gasteiger partial charge < -0.3 is 10.1 Å². The van der Waals surface area contributed by atoms with Gasteiger partial charge in [-0.05, 0) is 32.1 Å². The summed E-state index contributed by atoms with van der Waals surface area (Å²) in [6, 6.07) is 0. The normalized spacial score (nSPS) is 12.5. The van der Waals surface area contributed by atoms with Crippen LogP contribution in [0.5, 0.6) is 0 Å². The average molecular weight is 211 g/mol. The van der Waals surface area contributed by atoms with Crippen LogP contribution < -0.4 is 0 Å². The SMILES string of the molecule is C=C(C)CCC(CCC)C(=N)CCOC. The van der Waals surface area contributed by atoms with E-state index in [1.54, 1.807) is 7.11 Å². The van der Waals surface area contributed by atoms with Gasteiger partial charge in [-0.2, -0.15) is 0 Å². The molecule has 0 fully saturated rings. The number of hydrogen-bond acceptors (Lipinski definition) is 2. The van der Waals surface area contributed by atoms with Gasteiger partial charge in [0, 0.05) is 19.2 Å². The monoisotopic (exact) mass is 211 g/mol. The summed E-state index contributed by atoms with van der Waals surface area (Å²) in [5.74, 6) is 0.432. The highest BCUT2D eigenvalue weighted by molar-refractivity contribution is 5.83. The van der Waals surface area contributed by atoms with Crippen LogP contribution in [0.1, 0.15) is 46.0 Å². The van der Waals surface area contributed by atoms with E-state index < -0.39 is 0 Å². The molecule has 0 radical (unpaired) electrons. The van der Waals surface area contributed by atoms with Crippen molar-refractivity contribution in [2.24, 2.45) is 5.92 Å². The van der Waals surface area contributed by atoms with Crippen molar-refractivity contribution in [2.75, 3.05) is 13.7 Å². The van der Waals surface area contributed by atoms with Crippen LogP contribution >= 0.6 is 0 Å². The Bertz CT molecular complexity index is 199. The van der Waals surface area contributed by atoms with Crippen LogP contribution in [-0.2, 0) is 4.74 Å². The topological polar surface area (TPSA) is 33.1 Å². The zero-order chi connectivity index (χ0) is 11.7. The summed E-state index contributed by atoms with van der Waals surface area (Å²) in [5, 5.41) is 7.99. The van der Waals surface area contributed by atoms with E-state index in [1.165, 1.54) is 5.57 Å². The minimum atomic E-state index is 0.432. The van der Waals surface area contributed by atoms with E-state index in [0.717, 1.165) is 37.8 Å². The minimum absolute atomic E-state index is 0.432. The highest BCUT2D eigenvalue weighted by atomic mass is 16.5. The predicted octanol–water partition coefficient (Wildman–Crippen LogP) is 3.82. The van der Waals surface area contributed by atoms with E-state index in [4.69, 9.17) is 10.1 Å². The Labute approximate surface area is 94.2 Å². The summed E-state index contributed by atoms with van der Waals surface area (Å²) < 4.78 is 5.01. The first-order chi connectivity index (χ1) is 7.11. The molecular formula is C13H25NO. The Morgan fingerprint density at radius 2 is 2.00 bits per heavy atom. The average Bonchev–Trinajstić information content (AvgIpc) is 2.20. The van der Waals surface area contributed by atoms with Gasteiger partial charge in [0.1, 0.15) is 0 Å². The van der Waals surface area contributed by atoms with Crippen molar-refractivity contribution in [3.63, 3.8) is 0 Å². The molecule has 0 aromatic rings. The molecule has 0 rings (SSSR count). The Morgan fingerprint density at radius 1 is 1.33 bits per heavy atom. The Hall–Kier alpha value is -0.630. The zero-order valence-electron chi connectivity index (χ0n) is 10.4. The van der Waals surface area contributed by atoms with E-state index in [1.807, 2.05) is 0 Å². The van der Waals surface area contributed by atoms with Gasteiger partial charge in [0.25, 0.3) is 0 Å². The lowest BCUT2D eigenvalue weighted by Gasteiger charge is -2.17. The van der Waals surface area contributed by atoms with Crippen molar-refractivity contribution in [3.8, 4) is 0 Å². The van der Waals surface area contributed by atoms with Crippen molar-refractivity contribution in [1.82, 2.24) is 0 Å². The molecule has 0 saturated heterocycles. The van der Waals surface area contributed by atoms with Crippen LogP contribution in [0, 0.1) is 11.3 Å². The smallest absolute Gasteiger partial charge is 0.0514 e. The summed E-state index contributed by atoms with van der Waals surface area (Å²) >= 11 is 0. The molecule has 2 nitrogen and oxygen atoms in total. The minimum Gasteiger partial charge on any atom is -0.384 e. The first-order valence-electron chi connectivity index (χ1n) is 5.82. The molecular weight excluding hydrogens is 186 g/mol. The molecule has 0 spiro atoms. The lowest BCUT2D eigenvalue weighted by Crippen LogP contribution is -2.15. The van der Waals surface area contributed by atoms with Crippen molar-refractivity contribution in [3.05, 3.63) is 12.2 Å². The number of hydrogen-bond donors (Lipinski definition) is 1. The van der Waals surface area contributed by atoms with E-state index in [-0.39, 0.29) is 0 Å². The Kier molecular flexibility index (Phi) is 8.30. The second kappa shape index (κ2) is 8.66. The lowest BCUT2D eigenvalue weighted by atomic mass is 9.90. The first kappa shape index (κ1) is 14.4. The van der Waals surface area contributed by atoms with Crippen LogP contribution in [0.3, 0.4) is 0 Å². The van der Waals surface area contributed by atoms with Gasteiger partial charge in [-0.3, -0.25) is 0 Å². The highest BCUT2D eigenvalue weighted by Crippen LogP contribution is 2.19. The zero-order valence-corrected chi connectivity index (χ0v) is 10.4. The third-order valence-electron chi connectivity index (χ3n) is 2.63. The number of allylic oxidation sites excluding steroid dienone is 1. The van der Waals surface area contributed by atoms with E-state index in [0.29, 0.717) is 12.5 Å². The first-order valence-corrected chi connectivity index (χ1v) is 5.82. The molecule has 0 aliphatic rings. The maximum atomic E-state index is 7.99. The Balaban J connectivity index is 4.00. The van der Waals surface area contributed by atoms with Gasteiger partial charge in [-0.15, -0.1) is 6.58 Å². The molecule has 2 heteroatoms. The van der Waals surface area contributed by atoms with E-state index in [2.05, 4.69) is 20.4 Å². The summed E-state index contributed by atoms with van der Waals surface area (Å²) in [6.45, 7) is 8.82. The number of methoxy groups -OCH3 is 1. The molecule has 0 saturated carbocycles. The molecule has 1 unspecified atom stereocenters. The van der Waals surface area contributed by atoms with Crippen LogP contribution in [0.4, 0.5) is 0 Å². The van der Waals surface area contributed by atoms with Crippen molar-refractivity contribution in [1.29, 1.82) is 5.41 Å². The standard InChI is InChI=1S/C13H25NO/c1-5-6-12(8-7-11(2)3)13(14)9-10-15-4/h12,14H,2,5-10H2,1,3-4H3. The largest absolute Gasteiger partial charge is 0.384 e. The van der Waals surface area contributed by atoms with Gasteiger partial charge in [-0.1, -0.05) is 18.9 Å². The van der Waals surface area contributed by atoms with Crippen LogP contribution in [0.25, 0.3) is 0 Å². The molecule has 0 amide bonds. The molecule has 15 heavy (non-hydrogen) atoms. The number of ether oxygens (including phenoxy) is 1. The van der Waals surface area contributed by atoms with Crippen molar-refractivity contribution in [2.45, 2.75) is 46.0 Å². The number of rotatable bonds is 9. The van der Waals surface area contributed by atoms with E-state index >= 15 is 0 Å². The van der Waals surface area contributed by atoms with Gasteiger partial charge >= 0.3 is 0 Å². The molecule has 0 aliphatic carbocycles. The van der Waals surface area contributed by atoms with Gasteiger partial charge in [-0.25, -0.2) is 0 Å². The van der Waals surface area contributed by atoms with Gasteiger partial charge in [0.05, 0.1) is 6.61 Å². The third kappa shape index (κ3) is 7.32. The summed E-state index contributed by atoms with van der Waals surface area (Å²) in [6.07, 6.45) is 5.16. The summed E-state index contributed by atoms with van der Waals surface area (Å²) in [5.41, 5.74) is 2.07. The quantitative estimate of drug-likeness (QED) is 0.456. The van der Waals surface area contributed by atoms with Gasteiger partial charge in [0.2, 0.25) is 0 Å². The second-order valence-corrected chi connectivity index (χ2v) is 4.25. The molecule has 0 aromatic carbocycles. The molecule has 1 N–H and O–H groups in total. The maximum Gasteiger partial charge on any atom is 0.0514 e. The summed E-state index contributed by atoms with van der Waals surface area (Å²) in [7, 11) is 1.69. The highest BCUT2D eigenvalue weighted by Gasteiger charge is 2.13. The fourth-order valence-electron chi connectivity index (χ4n) is 1.68.